The van der Waals surface area contributed by atoms with Crippen LogP contribution in [0.5, 0.6) is 5.75 Å². The van der Waals surface area contributed by atoms with E-state index >= 15 is 0 Å². The van der Waals surface area contributed by atoms with Crippen molar-refractivity contribution >= 4 is 32.7 Å². The van der Waals surface area contributed by atoms with Crippen LogP contribution in [0.25, 0.3) is 0 Å². The smallest absolute Gasteiger partial charge is 0.508 e. The minimum Gasteiger partial charge on any atom is -0.508 e. The van der Waals surface area contributed by atoms with Gasteiger partial charge in [0.2, 0.25) is 0 Å². The Labute approximate surface area is 109 Å². The lowest BCUT2D eigenvalue weighted by Crippen LogP contribution is -2.21. The fourth-order valence-electron chi connectivity index (χ4n) is 0.585. The van der Waals surface area contributed by atoms with E-state index in [2.05, 4.69) is 22.6 Å². The van der Waals surface area contributed by atoms with Gasteiger partial charge >= 0.3 is 15.6 Å². The lowest BCUT2D eigenvalue weighted by atomic mass is 10.2. The molecule has 0 amide bonds. The lowest BCUT2D eigenvalue weighted by Gasteiger charge is -1.97. The summed E-state index contributed by atoms with van der Waals surface area (Å²) in [5.74, 6) is 0.337. The van der Waals surface area contributed by atoms with Crippen molar-refractivity contribution in [3.63, 3.8) is 0 Å². The number of alkyl halides is 4. The molecule has 0 heterocycles. The molecule has 0 spiro atoms. The van der Waals surface area contributed by atoms with Crippen LogP contribution in [0.4, 0.5) is 13.2 Å². The van der Waals surface area contributed by atoms with E-state index in [0.29, 0.717) is 5.75 Å². The van der Waals surface area contributed by atoms with Crippen LogP contribution in [0.15, 0.2) is 24.3 Å². The summed E-state index contributed by atoms with van der Waals surface area (Å²) in [6.45, 7) is 0. The predicted octanol–water partition coefficient (Wildman–Crippen LogP) is 2.72. The first kappa shape index (κ1) is 16.4. The molecule has 0 aliphatic heterocycles. The number of rotatable bonds is 1. The van der Waals surface area contributed by atoms with Crippen LogP contribution in [0.2, 0.25) is 0 Å². The molecule has 0 saturated heterocycles. The van der Waals surface area contributed by atoms with Gasteiger partial charge in [-0.15, -0.1) is 0 Å². The number of aromatic hydroxyl groups is 1. The highest BCUT2D eigenvalue weighted by atomic mass is 127. The summed E-state index contributed by atoms with van der Waals surface area (Å²) in [5.41, 5.74) is -4.29. The van der Waals surface area contributed by atoms with Crippen LogP contribution in [0, 0.1) is 0 Å². The first-order valence-electron chi connectivity index (χ1n) is 3.95. The minimum atomic E-state index is -5.84. The molecule has 0 saturated carbocycles. The van der Waals surface area contributed by atoms with E-state index in [9.17, 15) is 13.2 Å². The maximum atomic E-state index is 10.7. The molecule has 0 fully saturated rings. The molecule has 1 rings (SSSR count). The third kappa shape index (κ3) is 6.68. The van der Waals surface area contributed by atoms with E-state index in [4.69, 9.17) is 18.1 Å². The Bertz CT molecular complexity index is 441. The van der Waals surface area contributed by atoms with Crippen molar-refractivity contribution in [2.24, 2.45) is 0 Å². The van der Waals surface area contributed by atoms with Crippen molar-refractivity contribution in [3.05, 3.63) is 29.8 Å². The van der Waals surface area contributed by atoms with Gasteiger partial charge in [0.15, 0.2) is 0 Å². The Kier molecular flexibility index (Phi) is 6.19. The summed E-state index contributed by atoms with van der Waals surface area (Å²) < 4.78 is 58.5. The molecule has 98 valence electrons. The zero-order chi connectivity index (χ0) is 13.7. The SMILES string of the molecule is O=S(=O)(O)C(F)(F)F.Oc1ccc(CI)cc1. The number of phenolic OH excluding ortho intramolecular Hbond substituents is 1. The van der Waals surface area contributed by atoms with Gasteiger partial charge in [0.1, 0.15) is 5.75 Å². The Morgan fingerprint density at radius 1 is 1.18 bits per heavy atom. The van der Waals surface area contributed by atoms with Crippen LogP contribution < -0.4 is 0 Å². The molecule has 0 atom stereocenters. The normalized spacial score (nSPS) is 11.6. The monoisotopic (exact) mass is 384 g/mol. The zero-order valence-electron chi connectivity index (χ0n) is 8.15. The molecule has 0 aromatic heterocycles. The first-order chi connectivity index (χ1) is 7.58. The van der Waals surface area contributed by atoms with E-state index < -0.39 is 15.6 Å². The summed E-state index contributed by atoms with van der Waals surface area (Å²) in [4.78, 5) is 0. The van der Waals surface area contributed by atoms with Crippen LogP contribution in [-0.4, -0.2) is 23.6 Å². The van der Waals surface area contributed by atoms with Gasteiger partial charge in [0.05, 0.1) is 0 Å². The van der Waals surface area contributed by atoms with Crippen molar-refractivity contribution in [1.29, 1.82) is 0 Å². The van der Waals surface area contributed by atoms with Gasteiger partial charge in [-0.1, -0.05) is 34.7 Å². The summed E-state index contributed by atoms with van der Waals surface area (Å²) in [6, 6.07) is 7.24. The fourth-order valence-corrected chi connectivity index (χ4v) is 1.09. The molecule has 2 N–H and O–H groups in total. The maximum Gasteiger partial charge on any atom is 0.522 e. The minimum absolute atomic E-state index is 0.337. The molecule has 9 heteroatoms. The molecule has 0 unspecified atom stereocenters. The van der Waals surface area contributed by atoms with Gasteiger partial charge in [0, 0.05) is 4.43 Å². The number of hydrogen-bond acceptors (Lipinski definition) is 3. The van der Waals surface area contributed by atoms with Crippen LogP contribution in [-0.2, 0) is 14.5 Å². The lowest BCUT2D eigenvalue weighted by molar-refractivity contribution is -0.0510. The second-order valence-electron chi connectivity index (χ2n) is 2.72. The molecule has 0 aliphatic rings. The van der Waals surface area contributed by atoms with Gasteiger partial charge in [-0.3, -0.25) is 4.55 Å². The summed E-state index contributed by atoms with van der Waals surface area (Å²) in [5, 5.41) is 8.85. The summed E-state index contributed by atoms with van der Waals surface area (Å²) in [6.07, 6.45) is 0. The Balaban J connectivity index is 0.000000304. The average molecular weight is 384 g/mol. The van der Waals surface area contributed by atoms with Gasteiger partial charge < -0.3 is 5.11 Å². The van der Waals surface area contributed by atoms with Crippen LogP contribution in [0.1, 0.15) is 5.56 Å². The molecule has 0 aliphatic carbocycles. The number of hydrogen-bond donors (Lipinski definition) is 2. The molecule has 0 bridgehead atoms. The highest BCUT2D eigenvalue weighted by molar-refractivity contribution is 14.1. The van der Waals surface area contributed by atoms with Crippen LogP contribution >= 0.6 is 22.6 Å². The number of phenols is 1. The quantitative estimate of drug-likeness (QED) is 0.338. The van der Waals surface area contributed by atoms with E-state index in [0.717, 1.165) is 4.43 Å². The Hall–Kier alpha value is -0.550. The van der Waals surface area contributed by atoms with E-state index in [1.54, 1.807) is 12.1 Å². The third-order valence-electron chi connectivity index (χ3n) is 1.38. The standard InChI is InChI=1S/C7H7IO.CHF3O3S/c8-5-6-1-3-7(9)4-2-6;2-1(3,4)8(5,6)7/h1-4,9H,5H2;(H,5,6,7). The van der Waals surface area contributed by atoms with E-state index in [1.165, 1.54) is 5.56 Å². The highest BCUT2D eigenvalue weighted by Crippen LogP contribution is 2.20. The predicted molar refractivity (Wildman–Crippen MR) is 63.4 cm³/mol. The van der Waals surface area contributed by atoms with Crippen molar-refractivity contribution in [2.75, 3.05) is 0 Å². The Morgan fingerprint density at radius 3 is 1.76 bits per heavy atom. The topological polar surface area (TPSA) is 74.6 Å². The molecule has 0 radical (unpaired) electrons. The van der Waals surface area contributed by atoms with Crippen molar-refractivity contribution in [3.8, 4) is 5.75 Å². The largest absolute Gasteiger partial charge is 0.522 e. The maximum absolute atomic E-state index is 10.7. The zero-order valence-corrected chi connectivity index (χ0v) is 11.1. The summed E-state index contributed by atoms with van der Waals surface area (Å²) in [7, 11) is -5.84. The average Bonchev–Trinajstić information content (AvgIpc) is 2.17. The molecule has 4 nitrogen and oxygen atoms in total. The molecular formula is C8H8F3IO4S. The highest BCUT2D eigenvalue weighted by Gasteiger charge is 2.44. The van der Waals surface area contributed by atoms with Gasteiger partial charge in [-0.25, -0.2) is 0 Å². The van der Waals surface area contributed by atoms with Gasteiger partial charge in [-0.05, 0) is 17.7 Å². The third-order valence-corrected chi connectivity index (χ3v) is 2.85. The van der Waals surface area contributed by atoms with Crippen LogP contribution in [0.3, 0.4) is 0 Å². The Morgan fingerprint density at radius 2 is 1.53 bits per heavy atom. The molecule has 17 heavy (non-hydrogen) atoms. The van der Waals surface area contributed by atoms with Gasteiger partial charge in [0.25, 0.3) is 0 Å². The molecule has 1 aromatic carbocycles. The first-order valence-corrected chi connectivity index (χ1v) is 6.92. The van der Waals surface area contributed by atoms with Crippen molar-refractivity contribution in [1.82, 2.24) is 0 Å². The molecular weight excluding hydrogens is 376 g/mol. The number of benzene rings is 1. The van der Waals surface area contributed by atoms with Crippen molar-refractivity contribution in [2.45, 2.75) is 9.94 Å². The second-order valence-corrected chi connectivity index (χ2v) is 4.90. The number of halogens is 4. The fraction of sp³-hybridized carbons (Fsp3) is 0.250. The summed E-state index contributed by atoms with van der Waals surface area (Å²) >= 11 is 2.28. The second kappa shape index (κ2) is 6.40. The van der Waals surface area contributed by atoms with E-state index in [1.807, 2.05) is 12.1 Å². The van der Waals surface area contributed by atoms with Crippen molar-refractivity contribution < 1.29 is 31.2 Å². The van der Waals surface area contributed by atoms with Gasteiger partial charge in [-0.2, -0.15) is 21.6 Å². The molecule has 1 aromatic rings. The van der Waals surface area contributed by atoms with E-state index in [-0.39, 0.29) is 0 Å².